The molecule has 0 fully saturated rings. The molecule has 9 nitrogen and oxygen atoms in total. The molecule has 1 aliphatic carbocycles. The van der Waals surface area contributed by atoms with Crippen LogP contribution in [-0.2, 0) is 11.2 Å². The number of carbonyl (C=O) groups is 1. The zero-order valence-corrected chi connectivity index (χ0v) is 26.1. The minimum Gasteiger partial charge on any atom is -0.507 e. The number of nitrogens with one attached hydrogen (secondary N) is 2. The number of aliphatic hydroxyl groups excluding tert-OH is 3. The molecule has 4 aliphatic rings. The van der Waals surface area contributed by atoms with Crippen LogP contribution in [-0.4, -0.2) is 59.0 Å². The van der Waals surface area contributed by atoms with Crippen molar-refractivity contribution in [1.29, 1.82) is 0 Å². The molecule has 0 radical (unpaired) electrons. The first-order valence-corrected chi connectivity index (χ1v) is 15.4. The molecule has 0 saturated carbocycles. The molecule has 0 unspecified atom stereocenters. The van der Waals surface area contributed by atoms with Crippen LogP contribution in [0, 0.1) is 6.92 Å². The number of H-pyrrole nitrogens is 2. The zero-order valence-electron chi connectivity index (χ0n) is 26.1. The lowest BCUT2D eigenvalue weighted by Crippen LogP contribution is -2.07. The summed E-state index contributed by atoms with van der Waals surface area (Å²) in [5.74, 6) is -0.861. The lowest BCUT2D eigenvalue weighted by atomic mass is 9.84. The Morgan fingerprint density at radius 2 is 1.75 bits per heavy atom. The number of aliphatic carboxylic acids is 1. The van der Waals surface area contributed by atoms with Crippen LogP contribution in [0.25, 0.3) is 45.2 Å². The first kappa shape index (κ1) is 29.8. The number of aliphatic hydroxyl groups is 3. The molecule has 2 aromatic rings. The molecule has 0 amide bonds. The first-order chi connectivity index (χ1) is 21.0. The summed E-state index contributed by atoms with van der Waals surface area (Å²) in [6, 6.07) is 3.85. The van der Waals surface area contributed by atoms with E-state index in [-0.39, 0.29) is 30.6 Å². The predicted molar refractivity (Wildman–Crippen MR) is 173 cm³/mol. The average Bonchev–Trinajstić information content (AvgIpc) is 3.75. The number of hydrogen-bond acceptors (Lipinski definition) is 6. The average molecular weight is 597 g/mol. The minimum absolute atomic E-state index is 0.0169. The molecule has 3 aliphatic heterocycles. The summed E-state index contributed by atoms with van der Waals surface area (Å²) in [5.41, 5.74) is 12.8. The number of rotatable bonds is 7. The zero-order chi connectivity index (χ0) is 31.6. The third-order valence-corrected chi connectivity index (χ3v) is 9.69. The summed E-state index contributed by atoms with van der Waals surface area (Å²) in [6.07, 6.45) is 2.77. The lowest BCUT2D eigenvalue weighted by Gasteiger charge is -2.17. The predicted octanol–water partition coefficient (Wildman–Crippen LogP) is 6.65. The Hall–Kier alpha value is -4.21. The van der Waals surface area contributed by atoms with Crippen LogP contribution in [0.3, 0.4) is 0 Å². The highest BCUT2D eigenvalue weighted by Gasteiger charge is 2.35. The van der Waals surface area contributed by atoms with Crippen molar-refractivity contribution in [2.45, 2.75) is 85.2 Å². The number of carboxylic acids is 1. The van der Waals surface area contributed by atoms with Crippen molar-refractivity contribution in [2.24, 2.45) is 0 Å². The van der Waals surface area contributed by atoms with Crippen LogP contribution in [0.1, 0.15) is 122 Å². The topological polar surface area (TPSA) is 155 Å². The van der Waals surface area contributed by atoms with Gasteiger partial charge in [0, 0.05) is 57.4 Å². The van der Waals surface area contributed by atoms with E-state index in [1.807, 2.05) is 39.8 Å². The van der Waals surface area contributed by atoms with E-state index < -0.39 is 12.1 Å². The van der Waals surface area contributed by atoms with E-state index in [0.29, 0.717) is 36.2 Å². The van der Waals surface area contributed by atoms with Gasteiger partial charge in [-0.15, -0.1) is 0 Å². The molecular weight excluding hydrogens is 556 g/mol. The first-order valence-electron chi connectivity index (χ1n) is 15.4. The fourth-order valence-corrected chi connectivity index (χ4v) is 7.57. The molecule has 9 heteroatoms. The monoisotopic (exact) mass is 596 g/mol. The van der Waals surface area contributed by atoms with Gasteiger partial charge in [-0.05, 0) is 80.5 Å². The molecule has 3 atom stereocenters. The van der Waals surface area contributed by atoms with Crippen LogP contribution in [0.2, 0.25) is 0 Å². The number of aromatic amines is 2. The summed E-state index contributed by atoms with van der Waals surface area (Å²) < 4.78 is 0. The van der Waals surface area contributed by atoms with E-state index in [1.165, 1.54) is 0 Å². The molecule has 0 spiro atoms. The van der Waals surface area contributed by atoms with Crippen molar-refractivity contribution < 1.29 is 25.2 Å². The third-order valence-electron chi connectivity index (χ3n) is 9.69. The van der Waals surface area contributed by atoms with E-state index in [4.69, 9.17) is 9.97 Å². The number of allylic oxidation sites excluding steroid dienone is 2. The van der Waals surface area contributed by atoms with E-state index >= 15 is 0 Å². The summed E-state index contributed by atoms with van der Waals surface area (Å²) >= 11 is 0. The maximum absolute atomic E-state index is 11.7. The fraction of sp³-hybridized carbons (Fsp3) is 0.400. The Kier molecular flexibility index (Phi) is 7.50. The molecule has 6 rings (SSSR count). The smallest absolute Gasteiger partial charge is 0.303 e. The molecule has 2 aromatic heterocycles. The quantitative estimate of drug-likeness (QED) is 0.209. The van der Waals surface area contributed by atoms with Crippen molar-refractivity contribution in [3.05, 3.63) is 68.6 Å². The summed E-state index contributed by atoms with van der Waals surface area (Å²) in [5, 5.41) is 42.3. The third kappa shape index (κ3) is 4.49. The summed E-state index contributed by atoms with van der Waals surface area (Å²) in [6.45, 7) is 11.7. The Labute approximate surface area is 256 Å². The van der Waals surface area contributed by atoms with E-state index in [1.54, 1.807) is 13.0 Å². The molecule has 44 heavy (non-hydrogen) atoms. The van der Waals surface area contributed by atoms with Gasteiger partial charge in [0.25, 0.3) is 0 Å². The second-order valence-electron chi connectivity index (χ2n) is 12.2. The van der Waals surface area contributed by atoms with Gasteiger partial charge in [0.05, 0.1) is 41.0 Å². The summed E-state index contributed by atoms with van der Waals surface area (Å²) in [7, 11) is 0. The van der Waals surface area contributed by atoms with Gasteiger partial charge in [-0.2, -0.15) is 0 Å². The highest BCUT2D eigenvalue weighted by molar-refractivity contribution is 6.02. The van der Waals surface area contributed by atoms with Gasteiger partial charge >= 0.3 is 5.97 Å². The van der Waals surface area contributed by atoms with E-state index in [9.17, 15) is 25.2 Å². The minimum atomic E-state index is -0.852. The van der Waals surface area contributed by atoms with Gasteiger partial charge in [0.1, 0.15) is 5.76 Å². The molecule has 6 N–H and O–H groups in total. The number of aromatic nitrogens is 4. The number of aryl methyl sites for hydroxylation is 1. The highest BCUT2D eigenvalue weighted by atomic mass is 16.4. The summed E-state index contributed by atoms with van der Waals surface area (Å²) in [4.78, 5) is 29.0. The maximum atomic E-state index is 11.7. The lowest BCUT2D eigenvalue weighted by molar-refractivity contribution is -0.137. The Morgan fingerprint density at radius 3 is 2.39 bits per heavy atom. The Morgan fingerprint density at radius 1 is 1.02 bits per heavy atom. The maximum Gasteiger partial charge on any atom is 0.303 e. The van der Waals surface area contributed by atoms with Gasteiger partial charge in [0.2, 0.25) is 0 Å². The van der Waals surface area contributed by atoms with Crippen molar-refractivity contribution in [1.82, 2.24) is 19.9 Å². The van der Waals surface area contributed by atoms with Crippen LogP contribution < -0.4 is 0 Å². The van der Waals surface area contributed by atoms with Gasteiger partial charge in [-0.25, -0.2) is 9.97 Å². The van der Waals surface area contributed by atoms with Crippen LogP contribution in [0.15, 0.2) is 12.1 Å². The highest BCUT2D eigenvalue weighted by Crippen LogP contribution is 2.47. The van der Waals surface area contributed by atoms with Gasteiger partial charge < -0.3 is 30.4 Å². The second-order valence-corrected chi connectivity index (χ2v) is 12.2. The van der Waals surface area contributed by atoms with Crippen molar-refractivity contribution in [3.63, 3.8) is 0 Å². The van der Waals surface area contributed by atoms with Crippen molar-refractivity contribution >= 4 is 51.1 Å². The largest absolute Gasteiger partial charge is 0.507 e. The van der Waals surface area contributed by atoms with Gasteiger partial charge in [0.15, 0.2) is 0 Å². The van der Waals surface area contributed by atoms with E-state index in [2.05, 4.69) is 16.9 Å². The van der Waals surface area contributed by atoms with E-state index in [0.717, 1.165) is 72.8 Å². The fourth-order valence-electron chi connectivity index (χ4n) is 7.57. The Bertz CT molecular complexity index is 1890. The number of hydrogen-bond donors (Lipinski definition) is 6. The Balaban J connectivity index is 1.81. The van der Waals surface area contributed by atoms with Crippen LogP contribution in [0.4, 0.5) is 0 Å². The molecule has 0 aromatic carbocycles. The van der Waals surface area contributed by atoms with Crippen molar-refractivity contribution in [2.75, 3.05) is 6.61 Å². The second kappa shape index (κ2) is 11.1. The SMILES string of the molecule is CCC1=C(CO)c2cc3nc(c(C)c4[nH]c(c5c6[nH]c(cc1n2)c(CC)c6C(O)=C5)[C@@H](CCC(=O)O)[C@@H]4C)C(C)=C3[C@@H](C)O. The molecule has 8 bridgehead atoms. The van der Waals surface area contributed by atoms with Crippen LogP contribution in [0.5, 0.6) is 0 Å². The number of nitrogens with zero attached hydrogens (tertiary/aromatic N) is 2. The normalized spacial score (nSPS) is 19.0. The molecule has 230 valence electrons. The van der Waals surface area contributed by atoms with Gasteiger partial charge in [-0.1, -0.05) is 20.8 Å². The van der Waals surface area contributed by atoms with Crippen LogP contribution >= 0.6 is 0 Å². The van der Waals surface area contributed by atoms with Crippen molar-refractivity contribution in [3.8, 4) is 0 Å². The standard InChI is InChI=1S/C35H40N4O5/c1-7-19-23(14-40)26-13-27-30(18(6)41)16(4)33(38-27)17(5)32-15(3)21(9-10-29(43)44)34(39-32)22-11-28(42)31-20(8-2)25(37-35(22)31)12-24(19)36-26/h11-13,15,18,21,37,39-42H,7-10,14H2,1-6H3,(H,43,44)/t15-,18+,21-/m0/s1. The number of fused-ring (bicyclic) bond motifs is 8. The number of carboxylic acid groups (broad SMARTS) is 1. The molecule has 0 saturated heterocycles. The van der Waals surface area contributed by atoms with Gasteiger partial charge in [-0.3, -0.25) is 4.79 Å². The molecule has 5 heterocycles. The molecular formula is C35H40N4O5.